The molecule has 0 radical (unpaired) electrons. The minimum absolute atomic E-state index is 1.12. The predicted molar refractivity (Wildman–Crippen MR) is 291 cm³/mol. The van der Waals surface area contributed by atoms with E-state index in [1.165, 1.54) is 91.0 Å². The second kappa shape index (κ2) is 39.9. The van der Waals surface area contributed by atoms with Gasteiger partial charge in [0.25, 0.3) is 0 Å². The van der Waals surface area contributed by atoms with Crippen molar-refractivity contribution in [1.82, 2.24) is 0 Å². The van der Waals surface area contributed by atoms with Gasteiger partial charge in [-0.1, -0.05) is 293 Å². The molecule has 8 aromatic rings. The van der Waals surface area contributed by atoms with Gasteiger partial charge >= 0.3 is 0 Å². The SMILES string of the molecule is CC.CC.CC.CC.CC.CC.CCCc1ccc2ccccc2c1.CCCc1ccc2ccccc2c1.CCc1ccc2ccccc2c1.CCc1ccc2ccccc2c1. The first-order chi connectivity index (χ1) is 30.6. The van der Waals surface area contributed by atoms with E-state index in [2.05, 4.69) is 198 Å². The zero-order valence-corrected chi connectivity index (χ0v) is 42.4. The molecule has 0 bridgehead atoms. The molecule has 0 heteroatoms. The maximum Gasteiger partial charge on any atom is -0.0181 e. The Bertz CT molecular complexity index is 2060. The van der Waals surface area contributed by atoms with Gasteiger partial charge in [0.2, 0.25) is 0 Å². The molecule has 0 fully saturated rings. The van der Waals surface area contributed by atoms with Crippen molar-refractivity contribution in [3.8, 4) is 0 Å². The van der Waals surface area contributed by atoms with E-state index in [1.54, 1.807) is 0 Å². The molecule has 0 unspecified atom stereocenters. The summed E-state index contributed by atoms with van der Waals surface area (Å²) >= 11 is 0. The molecule has 0 spiro atoms. The molecule has 62 heavy (non-hydrogen) atoms. The van der Waals surface area contributed by atoms with Crippen LogP contribution in [0.5, 0.6) is 0 Å². The van der Waals surface area contributed by atoms with Crippen LogP contribution in [0.15, 0.2) is 170 Å². The average molecular weight is 833 g/mol. The Kier molecular flexibility index (Phi) is 37.9. The van der Waals surface area contributed by atoms with Crippen molar-refractivity contribution in [2.45, 2.75) is 149 Å². The third-order valence-corrected chi connectivity index (χ3v) is 9.15. The van der Waals surface area contributed by atoms with Gasteiger partial charge in [-0.15, -0.1) is 0 Å². The van der Waals surface area contributed by atoms with Crippen molar-refractivity contribution >= 4 is 43.1 Å². The molecular formula is C62H88. The lowest BCUT2D eigenvalue weighted by atomic mass is 10.0. The summed E-state index contributed by atoms with van der Waals surface area (Å²) in [5.41, 5.74) is 5.71. The molecular weight excluding hydrogens is 745 g/mol. The van der Waals surface area contributed by atoms with Gasteiger partial charge < -0.3 is 0 Å². The van der Waals surface area contributed by atoms with Crippen molar-refractivity contribution in [2.24, 2.45) is 0 Å². The fourth-order valence-electron chi connectivity index (χ4n) is 6.28. The fourth-order valence-corrected chi connectivity index (χ4v) is 6.28. The Morgan fingerprint density at radius 1 is 0.226 bits per heavy atom. The van der Waals surface area contributed by atoms with Crippen molar-refractivity contribution in [2.75, 3.05) is 0 Å². The number of aryl methyl sites for hydroxylation is 4. The van der Waals surface area contributed by atoms with Gasteiger partial charge in [-0.3, -0.25) is 0 Å². The van der Waals surface area contributed by atoms with Crippen LogP contribution in [0.3, 0.4) is 0 Å². The van der Waals surface area contributed by atoms with Crippen LogP contribution < -0.4 is 0 Å². The lowest BCUT2D eigenvalue weighted by molar-refractivity contribution is 0.923. The normalized spacial score (nSPS) is 9.03. The molecule has 0 atom stereocenters. The van der Waals surface area contributed by atoms with E-state index in [0.717, 1.165) is 12.8 Å². The monoisotopic (exact) mass is 833 g/mol. The van der Waals surface area contributed by atoms with Gasteiger partial charge in [-0.25, -0.2) is 0 Å². The predicted octanol–water partition coefficient (Wildman–Crippen LogP) is 20.5. The largest absolute Gasteiger partial charge is 0.0683 e. The summed E-state index contributed by atoms with van der Waals surface area (Å²) in [6.07, 6.45) is 7.04. The number of fused-ring (bicyclic) bond motifs is 4. The molecule has 8 rings (SSSR count). The van der Waals surface area contributed by atoms with Crippen LogP contribution in [0, 0.1) is 0 Å². The summed E-state index contributed by atoms with van der Waals surface area (Å²) in [5.74, 6) is 0. The van der Waals surface area contributed by atoms with Crippen LogP contribution in [0.2, 0.25) is 0 Å². The molecule has 0 amide bonds. The first kappa shape index (κ1) is 58.9. The van der Waals surface area contributed by atoms with Gasteiger partial charge in [-0.2, -0.15) is 0 Å². The van der Waals surface area contributed by atoms with Gasteiger partial charge in [-0.05, 0) is 91.0 Å². The third-order valence-electron chi connectivity index (χ3n) is 9.15. The maximum atomic E-state index is 2.29. The molecule has 0 aliphatic heterocycles. The Hall–Kier alpha value is -5.20. The maximum absolute atomic E-state index is 2.29. The van der Waals surface area contributed by atoms with Gasteiger partial charge in [0.05, 0.1) is 0 Å². The molecule has 0 heterocycles. The zero-order valence-electron chi connectivity index (χ0n) is 42.4. The first-order valence-electron chi connectivity index (χ1n) is 24.5. The molecule has 0 saturated carbocycles. The van der Waals surface area contributed by atoms with Crippen LogP contribution in [0.25, 0.3) is 43.1 Å². The fraction of sp³-hybridized carbons (Fsp3) is 0.355. The average Bonchev–Trinajstić information content (AvgIpc) is 3.38. The van der Waals surface area contributed by atoms with Gasteiger partial charge in [0.15, 0.2) is 0 Å². The first-order valence-corrected chi connectivity index (χ1v) is 24.5. The third kappa shape index (κ3) is 22.1. The van der Waals surface area contributed by atoms with Crippen molar-refractivity contribution in [3.05, 3.63) is 192 Å². The molecule has 0 aliphatic carbocycles. The quantitative estimate of drug-likeness (QED) is 0.157. The van der Waals surface area contributed by atoms with Crippen molar-refractivity contribution < 1.29 is 0 Å². The lowest BCUT2D eigenvalue weighted by Crippen LogP contribution is -1.82. The summed E-state index contributed by atoms with van der Waals surface area (Å²) in [4.78, 5) is 0. The lowest BCUT2D eigenvalue weighted by Gasteiger charge is -2.01. The van der Waals surface area contributed by atoms with E-state index in [1.807, 2.05) is 83.1 Å². The Balaban J connectivity index is 0. The summed E-state index contributed by atoms with van der Waals surface area (Å²) in [5, 5.41) is 10.7. The summed E-state index contributed by atoms with van der Waals surface area (Å²) in [7, 11) is 0. The second-order valence-electron chi connectivity index (χ2n) is 12.9. The summed E-state index contributed by atoms with van der Waals surface area (Å²) in [6.45, 7) is 32.8. The molecule has 8 aromatic carbocycles. The van der Waals surface area contributed by atoms with Gasteiger partial charge in [0.1, 0.15) is 0 Å². The number of hydrogen-bond donors (Lipinski definition) is 0. The zero-order chi connectivity index (χ0) is 47.0. The highest BCUT2D eigenvalue weighted by atomic mass is 14.0. The van der Waals surface area contributed by atoms with E-state index in [-0.39, 0.29) is 0 Å². The van der Waals surface area contributed by atoms with Crippen molar-refractivity contribution in [1.29, 1.82) is 0 Å². The van der Waals surface area contributed by atoms with Crippen LogP contribution >= 0.6 is 0 Å². The molecule has 0 aromatic heterocycles. The number of hydrogen-bond acceptors (Lipinski definition) is 0. The molecule has 0 aliphatic rings. The van der Waals surface area contributed by atoms with Crippen LogP contribution in [0.1, 0.15) is 146 Å². The van der Waals surface area contributed by atoms with Crippen LogP contribution in [0.4, 0.5) is 0 Å². The standard InChI is InChI=1S/2C13H14.2C12H12.6C2H6/c2*1-2-5-11-8-9-12-6-3-4-7-13(12)10-11;2*1-2-10-7-8-11-5-3-4-6-12(11)9-10;6*1-2/h2*3-4,6-10H,2,5H2,1H3;2*3-9H,2H2,1H3;6*1-2H3. The Morgan fingerprint density at radius 2 is 0.419 bits per heavy atom. The van der Waals surface area contributed by atoms with E-state index in [0.29, 0.717) is 0 Å². The molecule has 0 N–H and O–H groups in total. The highest BCUT2D eigenvalue weighted by Gasteiger charge is 1.96. The Morgan fingerprint density at radius 3 is 0.629 bits per heavy atom. The van der Waals surface area contributed by atoms with Crippen molar-refractivity contribution in [3.63, 3.8) is 0 Å². The smallest absolute Gasteiger partial charge is 0.0181 e. The molecule has 336 valence electrons. The van der Waals surface area contributed by atoms with Gasteiger partial charge in [0, 0.05) is 0 Å². The molecule has 0 saturated heterocycles. The Labute approximate surface area is 382 Å². The van der Waals surface area contributed by atoms with Crippen LogP contribution in [-0.4, -0.2) is 0 Å². The highest BCUT2D eigenvalue weighted by Crippen LogP contribution is 2.19. The highest BCUT2D eigenvalue weighted by molar-refractivity contribution is 5.85. The van der Waals surface area contributed by atoms with E-state index in [9.17, 15) is 0 Å². The minimum Gasteiger partial charge on any atom is -0.0683 e. The van der Waals surface area contributed by atoms with E-state index >= 15 is 0 Å². The minimum atomic E-state index is 1.12. The number of benzene rings is 8. The second-order valence-corrected chi connectivity index (χ2v) is 12.9. The molecule has 0 nitrogen and oxygen atoms in total. The van der Waals surface area contributed by atoms with E-state index in [4.69, 9.17) is 0 Å². The topological polar surface area (TPSA) is 0 Å². The number of rotatable bonds is 6. The summed E-state index contributed by atoms with van der Waals surface area (Å²) in [6, 6.07) is 60.7. The summed E-state index contributed by atoms with van der Waals surface area (Å²) < 4.78 is 0. The van der Waals surface area contributed by atoms with Crippen LogP contribution in [-0.2, 0) is 25.7 Å². The van der Waals surface area contributed by atoms with E-state index < -0.39 is 0 Å².